The summed E-state index contributed by atoms with van der Waals surface area (Å²) >= 11 is 0. The monoisotopic (exact) mass is 246 g/mol. The van der Waals surface area contributed by atoms with E-state index in [0.29, 0.717) is 13.2 Å². The number of halogens is 3. The van der Waals surface area contributed by atoms with Gasteiger partial charge in [0.2, 0.25) is 0 Å². The number of hydrogen-bond acceptors (Lipinski definition) is 2. The standard InChI is InChI=1S/C12H13F3O2/c1-8(16-6-11-7-17-11)9-2-4-10(5-3-9)12(13,14)15/h2-5,8,11H,6-7H2,1H3/t8-,11-/m1/s1. The summed E-state index contributed by atoms with van der Waals surface area (Å²) in [6, 6.07) is 5.04. The van der Waals surface area contributed by atoms with Crippen LogP contribution in [0.4, 0.5) is 13.2 Å². The number of epoxide rings is 1. The van der Waals surface area contributed by atoms with Crippen molar-refractivity contribution in [3.8, 4) is 0 Å². The molecule has 17 heavy (non-hydrogen) atoms. The summed E-state index contributed by atoms with van der Waals surface area (Å²) in [5.74, 6) is 0. The van der Waals surface area contributed by atoms with Gasteiger partial charge in [-0.15, -0.1) is 0 Å². The highest BCUT2D eigenvalue weighted by atomic mass is 19.4. The molecule has 0 spiro atoms. The van der Waals surface area contributed by atoms with Crippen molar-refractivity contribution in [1.82, 2.24) is 0 Å². The summed E-state index contributed by atoms with van der Waals surface area (Å²) in [6.07, 6.45) is -4.35. The lowest BCUT2D eigenvalue weighted by Crippen LogP contribution is -2.08. The third-order valence-corrected chi connectivity index (χ3v) is 2.64. The fourth-order valence-electron chi connectivity index (χ4n) is 1.46. The molecule has 1 aromatic carbocycles. The van der Waals surface area contributed by atoms with E-state index in [1.54, 1.807) is 0 Å². The smallest absolute Gasteiger partial charge is 0.371 e. The maximum atomic E-state index is 12.3. The first-order chi connectivity index (χ1) is 7.97. The lowest BCUT2D eigenvalue weighted by atomic mass is 10.1. The highest BCUT2D eigenvalue weighted by molar-refractivity contribution is 5.25. The number of rotatable bonds is 4. The summed E-state index contributed by atoms with van der Waals surface area (Å²) in [6.45, 7) is 3.01. The molecule has 2 atom stereocenters. The molecule has 5 heteroatoms. The van der Waals surface area contributed by atoms with E-state index in [9.17, 15) is 13.2 Å². The lowest BCUT2D eigenvalue weighted by Gasteiger charge is -2.13. The Morgan fingerprint density at radius 2 is 1.94 bits per heavy atom. The molecule has 94 valence electrons. The van der Waals surface area contributed by atoms with Crippen LogP contribution in [0.25, 0.3) is 0 Å². The third kappa shape index (κ3) is 3.44. The average Bonchev–Trinajstić information content (AvgIpc) is 3.09. The Bertz CT molecular complexity index is 368. The van der Waals surface area contributed by atoms with Crippen LogP contribution in [0, 0.1) is 0 Å². The molecule has 0 aromatic heterocycles. The van der Waals surface area contributed by atoms with Crippen LogP contribution in [0.15, 0.2) is 24.3 Å². The van der Waals surface area contributed by atoms with Gasteiger partial charge in [-0.2, -0.15) is 13.2 Å². The Hall–Kier alpha value is -1.07. The summed E-state index contributed by atoms with van der Waals surface area (Å²) in [5, 5.41) is 0. The van der Waals surface area contributed by atoms with Crippen LogP contribution >= 0.6 is 0 Å². The second-order valence-electron chi connectivity index (χ2n) is 4.05. The molecule has 1 aliphatic rings. The molecule has 0 saturated carbocycles. The molecular weight excluding hydrogens is 233 g/mol. The van der Waals surface area contributed by atoms with Gasteiger partial charge in [0.1, 0.15) is 6.10 Å². The predicted molar refractivity (Wildman–Crippen MR) is 55.6 cm³/mol. The van der Waals surface area contributed by atoms with E-state index in [1.807, 2.05) is 6.92 Å². The molecule has 0 amide bonds. The molecule has 2 rings (SSSR count). The second-order valence-corrected chi connectivity index (χ2v) is 4.05. The first-order valence-electron chi connectivity index (χ1n) is 5.37. The minimum Gasteiger partial charge on any atom is -0.371 e. The lowest BCUT2D eigenvalue weighted by molar-refractivity contribution is -0.137. The zero-order chi connectivity index (χ0) is 12.5. The number of benzene rings is 1. The summed E-state index contributed by atoms with van der Waals surface area (Å²) < 4.78 is 47.5. The van der Waals surface area contributed by atoms with E-state index in [1.165, 1.54) is 12.1 Å². The van der Waals surface area contributed by atoms with Crippen molar-refractivity contribution < 1.29 is 22.6 Å². The van der Waals surface area contributed by atoms with E-state index in [-0.39, 0.29) is 12.2 Å². The van der Waals surface area contributed by atoms with Crippen LogP contribution in [0.3, 0.4) is 0 Å². The maximum absolute atomic E-state index is 12.3. The molecule has 0 N–H and O–H groups in total. The predicted octanol–water partition coefficient (Wildman–Crippen LogP) is 3.18. The van der Waals surface area contributed by atoms with Crippen molar-refractivity contribution in [3.63, 3.8) is 0 Å². The van der Waals surface area contributed by atoms with E-state index in [4.69, 9.17) is 9.47 Å². The fourth-order valence-corrected chi connectivity index (χ4v) is 1.46. The maximum Gasteiger partial charge on any atom is 0.416 e. The van der Waals surface area contributed by atoms with Gasteiger partial charge in [-0.1, -0.05) is 12.1 Å². The Balaban J connectivity index is 1.96. The van der Waals surface area contributed by atoms with Crippen molar-refractivity contribution >= 4 is 0 Å². The molecule has 0 bridgehead atoms. The third-order valence-electron chi connectivity index (χ3n) is 2.64. The van der Waals surface area contributed by atoms with Crippen LogP contribution in [-0.4, -0.2) is 19.3 Å². The largest absolute Gasteiger partial charge is 0.416 e. The van der Waals surface area contributed by atoms with Crippen LogP contribution < -0.4 is 0 Å². The molecule has 0 radical (unpaired) electrons. The van der Waals surface area contributed by atoms with Gasteiger partial charge in [0.05, 0.1) is 24.9 Å². The van der Waals surface area contributed by atoms with Gasteiger partial charge in [0.25, 0.3) is 0 Å². The first kappa shape index (κ1) is 12.4. The highest BCUT2D eigenvalue weighted by Gasteiger charge is 2.30. The molecule has 1 heterocycles. The molecule has 1 aliphatic heterocycles. The molecule has 2 nitrogen and oxygen atoms in total. The van der Waals surface area contributed by atoms with Gasteiger partial charge in [-0.05, 0) is 24.6 Å². The van der Waals surface area contributed by atoms with Crippen molar-refractivity contribution in [3.05, 3.63) is 35.4 Å². The fraction of sp³-hybridized carbons (Fsp3) is 0.500. The minimum absolute atomic E-state index is 0.159. The van der Waals surface area contributed by atoms with Gasteiger partial charge in [-0.3, -0.25) is 0 Å². The summed E-state index contributed by atoms with van der Waals surface area (Å²) in [7, 11) is 0. The quantitative estimate of drug-likeness (QED) is 0.761. The van der Waals surface area contributed by atoms with Gasteiger partial charge >= 0.3 is 6.18 Å². The molecular formula is C12H13F3O2. The summed E-state index contributed by atoms with van der Waals surface area (Å²) in [4.78, 5) is 0. The van der Waals surface area contributed by atoms with Crippen molar-refractivity contribution in [1.29, 1.82) is 0 Å². The van der Waals surface area contributed by atoms with Gasteiger partial charge in [0, 0.05) is 0 Å². The van der Waals surface area contributed by atoms with E-state index in [0.717, 1.165) is 17.7 Å². The van der Waals surface area contributed by atoms with E-state index in [2.05, 4.69) is 0 Å². The number of hydrogen-bond donors (Lipinski definition) is 0. The first-order valence-corrected chi connectivity index (χ1v) is 5.37. The van der Waals surface area contributed by atoms with E-state index >= 15 is 0 Å². The average molecular weight is 246 g/mol. The normalized spacial score (nSPS) is 21.3. The number of alkyl halides is 3. The number of ether oxygens (including phenoxy) is 2. The van der Waals surface area contributed by atoms with Crippen LogP contribution in [0.1, 0.15) is 24.2 Å². The van der Waals surface area contributed by atoms with Crippen LogP contribution in [0.5, 0.6) is 0 Å². The Labute approximate surface area is 97.3 Å². The molecule has 1 saturated heterocycles. The topological polar surface area (TPSA) is 21.8 Å². The second kappa shape index (κ2) is 4.66. The van der Waals surface area contributed by atoms with Gasteiger partial charge in [-0.25, -0.2) is 0 Å². The minimum atomic E-state index is -4.29. The summed E-state index contributed by atoms with van der Waals surface area (Å²) in [5.41, 5.74) is 0.0950. The zero-order valence-corrected chi connectivity index (χ0v) is 9.33. The van der Waals surface area contributed by atoms with Crippen molar-refractivity contribution in [2.45, 2.75) is 25.3 Å². The van der Waals surface area contributed by atoms with Crippen LogP contribution in [-0.2, 0) is 15.7 Å². The Kier molecular flexibility index (Phi) is 3.40. The highest BCUT2D eigenvalue weighted by Crippen LogP contribution is 2.30. The SMILES string of the molecule is C[C@@H](OC[C@@H]1CO1)c1ccc(C(F)(F)F)cc1. The van der Waals surface area contributed by atoms with Gasteiger partial charge in [0.15, 0.2) is 0 Å². The van der Waals surface area contributed by atoms with E-state index < -0.39 is 11.7 Å². The van der Waals surface area contributed by atoms with Crippen LogP contribution in [0.2, 0.25) is 0 Å². The molecule has 1 aromatic rings. The Morgan fingerprint density at radius 1 is 1.35 bits per heavy atom. The molecule has 0 unspecified atom stereocenters. The van der Waals surface area contributed by atoms with Crippen molar-refractivity contribution in [2.75, 3.05) is 13.2 Å². The Morgan fingerprint density at radius 3 is 2.41 bits per heavy atom. The zero-order valence-electron chi connectivity index (χ0n) is 9.33. The van der Waals surface area contributed by atoms with Gasteiger partial charge < -0.3 is 9.47 Å². The molecule has 0 aliphatic carbocycles. The van der Waals surface area contributed by atoms with Crippen molar-refractivity contribution in [2.24, 2.45) is 0 Å². The molecule has 1 fully saturated rings.